The highest BCUT2D eigenvalue weighted by atomic mass is 35.5. The predicted molar refractivity (Wildman–Crippen MR) is 140 cm³/mol. The maximum atomic E-state index is 13.0. The van der Waals surface area contributed by atoms with Crippen LogP contribution in [0.1, 0.15) is 18.1 Å². The van der Waals surface area contributed by atoms with E-state index in [2.05, 4.69) is 10.6 Å². The zero-order valence-corrected chi connectivity index (χ0v) is 22.2. The Kier molecular flexibility index (Phi) is 9.08. The first kappa shape index (κ1) is 30.0. The zero-order valence-electron chi connectivity index (χ0n) is 20.7. The van der Waals surface area contributed by atoms with Gasteiger partial charge in [0.05, 0.1) is 17.7 Å². The number of carbonyl (C=O) groups excluding carboxylic acids is 2. The van der Waals surface area contributed by atoms with E-state index in [9.17, 15) is 36.4 Å². The van der Waals surface area contributed by atoms with E-state index in [1.165, 1.54) is 56.5 Å². The van der Waals surface area contributed by atoms with Gasteiger partial charge in [0.15, 0.2) is 5.75 Å². The second-order valence-corrected chi connectivity index (χ2v) is 9.93. The van der Waals surface area contributed by atoms with Gasteiger partial charge >= 0.3 is 16.3 Å². The van der Waals surface area contributed by atoms with Gasteiger partial charge in [-0.05, 0) is 66.2 Å². The lowest BCUT2D eigenvalue weighted by molar-refractivity contribution is -0.137. The molecule has 0 radical (unpaired) electrons. The van der Waals surface area contributed by atoms with Gasteiger partial charge < -0.3 is 19.6 Å². The number of amides is 2. The summed E-state index contributed by atoms with van der Waals surface area (Å²) in [4.78, 5) is 23.5. The highest BCUT2D eigenvalue weighted by Crippen LogP contribution is 2.39. The summed E-state index contributed by atoms with van der Waals surface area (Å²) in [6.45, 7) is 1.29. The fourth-order valence-corrected chi connectivity index (χ4v) is 4.52. The minimum Gasteiger partial charge on any atom is -0.493 e. The standard InChI is InChI=1S/C26H19ClF3N3O6S/c1-15(34)32-19-6-8-21(9-7-19)40(36,37)39-24-22(27)11-16(12-23(24)38-2)10-17(14-31)25(35)33-20-5-3-4-18(13-20)26(28,29)30/h3-13H,1-2H3,(H,32,34)(H,33,35)/b17-10+. The van der Waals surface area contributed by atoms with Crippen molar-refractivity contribution in [3.63, 3.8) is 0 Å². The lowest BCUT2D eigenvalue weighted by atomic mass is 10.1. The molecule has 0 saturated heterocycles. The molecule has 0 fully saturated rings. The summed E-state index contributed by atoms with van der Waals surface area (Å²) in [5.41, 5.74) is -1.17. The Morgan fingerprint density at radius 3 is 2.27 bits per heavy atom. The fraction of sp³-hybridized carbons (Fsp3) is 0.115. The molecule has 0 unspecified atom stereocenters. The molecule has 0 bridgehead atoms. The van der Waals surface area contributed by atoms with Crippen molar-refractivity contribution in [2.45, 2.75) is 18.0 Å². The molecule has 208 valence electrons. The van der Waals surface area contributed by atoms with Crippen molar-refractivity contribution in [1.82, 2.24) is 0 Å². The third kappa shape index (κ3) is 7.52. The summed E-state index contributed by atoms with van der Waals surface area (Å²) in [7, 11) is -3.20. The summed E-state index contributed by atoms with van der Waals surface area (Å²) in [6, 6.07) is 13.1. The molecular weight excluding hydrogens is 575 g/mol. The molecule has 0 saturated carbocycles. The van der Waals surface area contributed by atoms with E-state index < -0.39 is 33.3 Å². The lowest BCUT2D eigenvalue weighted by Gasteiger charge is -2.14. The number of ether oxygens (including phenoxy) is 1. The Morgan fingerprint density at radius 2 is 1.70 bits per heavy atom. The monoisotopic (exact) mass is 593 g/mol. The first-order chi connectivity index (χ1) is 18.7. The molecule has 0 atom stereocenters. The maximum absolute atomic E-state index is 13.0. The Hall–Kier alpha value is -4.54. The molecule has 3 aromatic carbocycles. The summed E-state index contributed by atoms with van der Waals surface area (Å²) in [5.74, 6) is -1.88. The summed E-state index contributed by atoms with van der Waals surface area (Å²) in [5, 5.41) is 13.9. The number of nitriles is 1. The first-order valence-corrected chi connectivity index (χ1v) is 12.8. The molecule has 3 rings (SSSR count). The van der Waals surface area contributed by atoms with E-state index in [-0.39, 0.29) is 38.6 Å². The van der Waals surface area contributed by atoms with Crippen molar-refractivity contribution in [2.24, 2.45) is 0 Å². The minimum atomic E-state index is -4.63. The van der Waals surface area contributed by atoms with E-state index in [0.29, 0.717) is 11.8 Å². The molecule has 40 heavy (non-hydrogen) atoms. The molecule has 0 spiro atoms. The van der Waals surface area contributed by atoms with E-state index in [4.69, 9.17) is 20.5 Å². The topological polar surface area (TPSA) is 135 Å². The second kappa shape index (κ2) is 12.1. The van der Waals surface area contributed by atoms with Crippen LogP contribution in [0.25, 0.3) is 6.08 Å². The number of rotatable bonds is 8. The molecule has 0 aliphatic heterocycles. The van der Waals surface area contributed by atoms with Crippen LogP contribution >= 0.6 is 11.6 Å². The SMILES string of the molecule is COc1cc(/C=C(\C#N)C(=O)Nc2cccc(C(F)(F)F)c2)cc(Cl)c1OS(=O)(=O)c1ccc(NC(C)=O)cc1. The van der Waals surface area contributed by atoms with Crippen molar-refractivity contribution >= 4 is 51.0 Å². The normalized spacial score (nSPS) is 11.8. The molecule has 0 aromatic heterocycles. The Bertz CT molecular complexity index is 1630. The van der Waals surface area contributed by atoms with Crippen LogP contribution in [0.4, 0.5) is 24.5 Å². The molecule has 2 amide bonds. The van der Waals surface area contributed by atoms with Crippen LogP contribution < -0.4 is 19.6 Å². The van der Waals surface area contributed by atoms with Gasteiger partial charge in [-0.1, -0.05) is 17.7 Å². The number of nitrogens with zero attached hydrogens (tertiary/aromatic N) is 1. The fourth-order valence-electron chi connectivity index (χ4n) is 3.26. The van der Waals surface area contributed by atoms with Crippen LogP contribution in [0.2, 0.25) is 5.02 Å². The number of alkyl halides is 3. The molecule has 3 aromatic rings. The Balaban J connectivity index is 1.87. The number of nitrogens with one attached hydrogen (secondary N) is 2. The average Bonchev–Trinajstić information content (AvgIpc) is 2.88. The highest BCUT2D eigenvalue weighted by molar-refractivity contribution is 7.87. The molecule has 2 N–H and O–H groups in total. The van der Waals surface area contributed by atoms with Crippen molar-refractivity contribution in [2.75, 3.05) is 17.7 Å². The second-order valence-electron chi connectivity index (χ2n) is 7.98. The number of benzene rings is 3. The van der Waals surface area contributed by atoms with Crippen LogP contribution in [0, 0.1) is 11.3 Å². The van der Waals surface area contributed by atoms with Crippen molar-refractivity contribution in [1.29, 1.82) is 5.26 Å². The number of methoxy groups -OCH3 is 1. The largest absolute Gasteiger partial charge is 0.493 e. The van der Waals surface area contributed by atoms with Gasteiger partial charge in [0.1, 0.15) is 16.5 Å². The smallest absolute Gasteiger partial charge is 0.416 e. The quantitative estimate of drug-likeness (QED) is 0.196. The third-order valence-electron chi connectivity index (χ3n) is 5.03. The van der Waals surface area contributed by atoms with Gasteiger partial charge in [0.25, 0.3) is 5.91 Å². The lowest BCUT2D eigenvalue weighted by Crippen LogP contribution is -2.14. The zero-order chi connectivity index (χ0) is 29.7. The van der Waals surface area contributed by atoms with Gasteiger partial charge in [-0.2, -0.15) is 26.9 Å². The molecule has 9 nitrogen and oxygen atoms in total. The number of hydrogen-bond acceptors (Lipinski definition) is 7. The van der Waals surface area contributed by atoms with Crippen LogP contribution in [-0.2, 0) is 25.9 Å². The summed E-state index contributed by atoms with van der Waals surface area (Å²) >= 11 is 6.25. The number of carbonyl (C=O) groups is 2. The van der Waals surface area contributed by atoms with Crippen molar-refractivity contribution in [3.05, 3.63) is 82.4 Å². The van der Waals surface area contributed by atoms with Crippen molar-refractivity contribution < 1.29 is 40.1 Å². The van der Waals surface area contributed by atoms with Gasteiger partial charge in [-0.15, -0.1) is 0 Å². The third-order valence-corrected chi connectivity index (χ3v) is 6.55. The maximum Gasteiger partial charge on any atom is 0.416 e. The Morgan fingerprint density at radius 1 is 1.02 bits per heavy atom. The molecule has 0 heterocycles. The van der Waals surface area contributed by atoms with Crippen LogP contribution in [-0.4, -0.2) is 27.3 Å². The van der Waals surface area contributed by atoms with E-state index in [0.717, 1.165) is 18.2 Å². The average molecular weight is 594 g/mol. The van der Waals surface area contributed by atoms with Crippen LogP contribution in [0.15, 0.2) is 71.1 Å². The van der Waals surface area contributed by atoms with Gasteiger partial charge in [-0.3, -0.25) is 9.59 Å². The number of hydrogen-bond donors (Lipinski definition) is 2. The number of anilines is 2. The van der Waals surface area contributed by atoms with E-state index in [1.807, 2.05) is 0 Å². The van der Waals surface area contributed by atoms with E-state index in [1.54, 1.807) is 6.07 Å². The highest BCUT2D eigenvalue weighted by Gasteiger charge is 2.30. The van der Waals surface area contributed by atoms with Crippen LogP contribution in [0.5, 0.6) is 11.5 Å². The van der Waals surface area contributed by atoms with Crippen LogP contribution in [0.3, 0.4) is 0 Å². The first-order valence-electron chi connectivity index (χ1n) is 11.0. The minimum absolute atomic E-state index is 0.127. The molecule has 14 heteroatoms. The van der Waals surface area contributed by atoms with Crippen molar-refractivity contribution in [3.8, 4) is 17.6 Å². The van der Waals surface area contributed by atoms with E-state index >= 15 is 0 Å². The van der Waals surface area contributed by atoms with Gasteiger partial charge in [0, 0.05) is 18.3 Å². The van der Waals surface area contributed by atoms with Gasteiger partial charge in [0.2, 0.25) is 11.7 Å². The Labute approximate surface area is 231 Å². The van der Waals surface area contributed by atoms with Gasteiger partial charge in [-0.25, -0.2) is 0 Å². The molecule has 0 aliphatic rings. The predicted octanol–water partition coefficient (Wildman–Crippen LogP) is 5.64. The summed E-state index contributed by atoms with van der Waals surface area (Å²) < 4.78 is 74.9. The molecular formula is C26H19ClF3N3O6S. The summed E-state index contributed by atoms with van der Waals surface area (Å²) in [6.07, 6.45) is -3.55. The number of halogens is 4. The molecule has 0 aliphatic carbocycles.